The van der Waals surface area contributed by atoms with E-state index in [1.807, 2.05) is 58.3 Å². The Morgan fingerprint density at radius 3 is 1.88 bits per heavy atom. The third kappa shape index (κ3) is 12.3. The highest BCUT2D eigenvalue weighted by atomic mass is 16.6. The van der Waals surface area contributed by atoms with E-state index in [9.17, 15) is 14.4 Å². The van der Waals surface area contributed by atoms with Gasteiger partial charge in [0, 0.05) is 19.6 Å². The minimum absolute atomic E-state index is 0.0470. The van der Waals surface area contributed by atoms with Crippen molar-refractivity contribution in [2.75, 3.05) is 39.8 Å². The van der Waals surface area contributed by atoms with E-state index >= 15 is 0 Å². The second-order valence-electron chi connectivity index (χ2n) is 9.76. The van der Waals surface area contributed by atoms with Gasteiger partial charge in [0.25, 0.3) is 0 Å². The predicted molar refractivity (Wildman–Crippen MR) is 125 cm³/mol. The van der Waals surface area contributed by atoms with Gasteiger partial charge in [-0.1, -0.05) is 13.0 Å². The summed E-state index contributed by atoms with van der Waals surface area (Å²) in [6, 6.07) is 5.08. The Labute approximate surface area is 197 Å². The molecule has 9 heteroatoms. The summed E-state index contributed by atoms with van der Waals surface area (Å²) >= 11 is 0. The average molecular weight is 466 g/mol. The van der Waals surface area contributed by atoms with Gasteiger partial charge in [0.1, 0.15) is 16.9 Å². The summed E-state index contributed by atoms with van der Waals surface area (Å²) in [5.41, 5.74) is -0.322. The number of hydrogen-bond acceptors (Lipinski definition) is 9. The standard InChI is InChI=1S/C24H39N3O6/c1-9-26(16-20(28)32-23(2,3)4)13-14-27(17-21(29)33-24(5,6)7)15-18-11-10-12-19(25-18)22(30)31-8/h10-12H,9,13-17H2,1-8H3. The monoisotopic (exact) mass is 465 g/mol. The van der Waals surface area contributed by atoms with Crippen LogP contribution in [-0.4, -0.2) is 83.7 Å². The summed E-state index contributed by atoms with van der Waals surface area (Å²) in [5.74, 6) is -1.18. The zero-order valence-corrected chi connectivity index (χ0v) is 21.3. The Kier molecular flexibility index (Phi) is 10.9. The van der Waals surface area contributed by atoms with Gasteiger partial charge in [-0.05, 0) is 60.2 Å². The maximum Gasteiger partial charge on any atom is 0.356 e. The summed E-state index contributed by atoms with van der Waals surface area (Å²) in [5, 5.41) is 0. The number of nitrogens with zero attached hydrogens (tertiary/aromatic N) is 3. The van der Waals surface area contributed by atoms with Crippen LogP contribution in [0.5, 0.6) is 0 Å². The van der Waals surface area contributed by atoms with Gasteiger partial charge in [-0.25, -0.2) is 9.78 Å². The summed E-state index contributed by atoms with van der Waals surface area (Å²) in [6.07, 6.45) is 0. The van der Waals surface area contributed by atoms with Crippen LogP contribution in [0.3, 0.4) is 0 Å². The Hall–Kier alpha value is -2.52. The number of methoxy groups -OCH3 is 1. The summed E-state index contributed by atoms with van der Waals surface area (Å²) in [6.45, 7) is 15.1. The van der Waals surface area contributed by atoms with Crippen LogP contribution in [0, 0.1) is 0 Å². The Morgan fingerprint density at radius 2 is 1.39 bits per heavy atom. The van der Waals surface area contributed by atoms with Gasteiger partial charge in [0.15, 0.2) is 0 Å². The first-order valence-electron chi connectivity index (χ1n) is 11.1. The molecule has 0 spiro atoms. The fourth-order valence-corrected chi connectivity index (χ4v) is 2.97. The number of aromatic nitrogens is 1. The molecule has 0 N–H and O–H groups in total. The van der Waals surface area contributed by atoms with E-state index in [0.717, 1.165) is 0 Å². The summed E-state index contributed by atoms with van der Waals surface area (Å²) < 4.78 is 15.6. The van der Waals surface area contributed by atoms with E-state index in [0.29, 0.717) is 31.9 Å². The minimum Gasteiger partial charge on any atom is -0.464 e. The van der Waals surface area contributed by atoms with Crippen LogP contribution in [0.4, 0.5) is 0 Å². The molecule has 0 saturated heterocycles. The average Bonchev–Trinajstić information content (AvgIpc) is 2.67. The number of likely N-dealkylation sites (N-methyl/N-ethyl adjacent to an activating group) is 1. The molecule has 33 heavy (non-hydrogen) atoms. The third-order valence-electron chi connectivity index (χ3n) is 4.31. The SMILES string of the molecule is CCN(CCN(CC(=O)OC(C)(C)C)Cc1cccc(C(=O)OC)n1)CC(=O)OC(C)(C)C. The molecule has 0 atom stereocenters. The molecule has 1 aromatic heterocycles. The number of esters is 3. The van der Waals surface area contributed by atoms with Gasteiger partial charge in [-0.15, -0.1) is 0 Å². The number of pyridine rings is 1. The van der Waals surface area contributed by atoms with Gasteiger partial charge < -0.3 is 14.2 Å². The topological polar surface area (TPSA) is 98.3 Å². The number of carbonyl (C=O) groups excluding carboxylic acids is 3. The lowest BCUT2D eigenvalue weighted by atomic mass is 10.2. The quantitative estimate of drug-likeness (QED) is 0.361. The molecule has 0 aliphatic carbocycles. The zero-order chi connectivity index (χ0) is 25.2. The van der Waals surface area contributed by atoms with E-state index in [-0.39, 0.29) is 30.7 Å². The van der Waals surface area contributed by atoms with E-state index in [1.165, 1.54) is 7.11 Å². The van der Waals surface area contributed by atoms with Crippen LogP contribution in [0.15, 0.2) is 18.2 Å². The molecule has 0 aliphatic rings. The Bertz CT molecular complexity index is 798. The van der Waals surface area contributed by atoms with Crippen molar-refractivity contribution < 1.29 is 28.6 Å². The first-order valence-corrected chi connectivity index (χ1v) is 11.1. The fraction of sp³-hybridized carbons (Fsp3) is 0.667. The highest BCUT2D eigenvalue weighted by Crippen LogP contribution is 2.11. The summed E-state index contributed by atoms with van der Waals surface area (Å²) in [4.78, 5) is 44.7. The molecule has 1 aromatic rings. The van der Waals surface area contributed by atoms with E-state index in [4.69, 9.17) is 14.2 Å². The lowest BCUT2D eigenvalue weighted by Gasteiger charge is -2.28. The molecule has 186 valence electrons. The van der Waals surface area contributed by atoms with Crippen molar-refractivity contribution in [1.82, 2.24) is 14.8 Å². The highest BCUT2D eigenvalue weighted by molar-refractivity contribution is 5.87. The Balaban J connectivity index is 2.90. The fourth-order valence-electron chi connectivity index (χ4n) is 2.97. The van der Waals surface area contributed by atoms with Crippen molar-refractivity contribution in [3.05, 3.63) is 29.6 Å². The lowest BCUT2D eigenvalue weighted by molar-refractivity contribution is -0.158. The van der Waals surface area contributed by atoms with E-state index in [1.54, 1.807) is 18.2 Å². The first kappa shape index (κ1) is 28.5. The number of carbonyl (C=O) groups is 3. The molecule has 0 aromatic carbocycles. The van der Waals surface area contributed by atoms with Crippen molar-refractivity contribution in [3.8, 4) is 0 Å². The van der Waals surface area contributed by atoms with Crippen LogP contribution in [0.25, 0.3) is 0 Å². The highest BCUT2D eigenvalue weighted by Gasteiger charge is 2.22. The Morgan fingerprint density at radius 1 is 0.879 bits per heavy atom. The molecule has 1 heterocycles. The van der Waals surface area contributed by atoms with Crippen molar-refractivity contribution in [1.29, 1.82) is 0 Å². The van der Waals surface area contributed by atoms with Crippen LogP contribution < -0.4 is 0 Å². The third-order valence-corrected chi connectivity index (χ3v) is 4.31. The van der Waals surface area contributed by atoms with Crippen molar-refractivity contribution in [3.63, 3.8) is 0 Å². The smallest absolute Gasteiger partial charge is 0.356 e. The predicted octanol–water partition coefficient (Wildman–Crippen LogP) is 2.68. The molecule has 0 amide bonds. The minimum atomic E-state index is -0.599. The molecule has 0 radical (unpaired) electrons. The second-order valence-corrected chi connectivity index (χ2v) is 9.76. The van der Waals surface area contributed by atoms with Crippen LogP contribution in [0.1, 0.15) is 64.6 Å². The number of rotatable bonds is 11. The molecule has 0 unspecified atom stereocenters. The normalized spacial score (nSPS) is 12.1. The molecular formula is C24H39N3O6. The van der Waals surface area contributed by atoms with Crippen LogP contribution >= 0.6 is 0 Å². The van der Waals surface area contributed by atoms with Gasteiger partial charge in [0.05, 0.1) is 25.9 Å². The maximum absolute atomic E-state index is 12.5. The lowest BCUT2D eigenvalue weighted by Crippen LogP contribution is -2.42. The molecule has 0 saturated carbocycles. The molecular weight excluding hydrogens is 426 g/mol. The second kappa shape index (κ2) is 12.6. The van der Waals surface area contributed by atoms with Crippen LogP contribution in [0.2, 0.25) is 0 Å². The molecule has 0 aliphatic heterocycles. The number of hydrogen-bond donors (Lipinski definition) is 0. The van der Waals surface area contributed by atoms with Gasteiger partial charge >= 0.3 is 17.9 Å². The van der Waals surface area contributed by atoms with Crippen molar-refractivity contribution >= 4 is 17.9 Å². The van der Waals surface area contributed by atoms with Crippen molar-refractivity contribution in [2.24, 2.45) is 0 Å². The largest absolute Gasteiger partial charge is 0.464 e. The van der Waals surface area contributed by atoms with Crippen molar-refractivity contribution in [2.45, 2.75) is 66.2 Å². The van der Waals surface area contributed by atoms with E-state index in [2.05, 4.69) is 4.98 Å². The zero-order valence-electron chi connectivity index (χ0n) is 21.3. The van der Waals surface area contributed by atoms with E-state index < -0.39 is 17.2 Å². The summed E-state index contributed by atoms with van der Waals surface area (Å²) in [7, 11) is 1.30. The molecule has 9 nitrogen and oxygen atoms in total. The molecule has 0 bridgehead atoms. The van der Waals surface area contributed by atoms with Crippen LogP contribution in [-0.2, 0) is 30.3 Å². The van der Waals surface area contributed by atoms with Gasteiger partial charge in [-0.2, -0.15) is 0 Å². The first-order chi connectivity index (χ1) is 15.2. The molecule has 0 fully saturated rings. The molecule has 1 rings (SSSR count). The number of ether oxygens (including phenoxy) is 3. The van der Waals surface area contributed by atoms with Gasteiger partial charge in [-0.3, -0.25) is 19.4 Å². The van der Waals surface area contributed by atoms with Gasteiger partial charge in [0.2, 0.25) is 0 Å². The maximum atomic E-state index is 12.5.